The Hall–Kier alpha value is 0.120. The zero-order chi connectivity index (χ0) is 12.9. The summed E-state index contributed by atoms with van der Waals surface area (Å²) >= 11 is 0. The number of halogens is 1. The third-order valence-electron chi connectivity index (χ3n) is 3.18. The Morgan fingerprint density at radius 2 is 2.11 bits per heavy atom. The summed E-state index contributed by atoms with van der Waals surface area (Å²) < 4.78 is 28.2. The number of hydrogen-bond donors (Lipinski definition) is 2. The van der Waals surface area contributed by atoms with Crippen molar-refractivity contribution in [3.05, 3.63) is 0 Å². The first-order valence-electron chi connectivity index (χ1n) is 6.42. The third-order valence-corrected chi connectivity index (χ3v) is 4.81. The van der Waals surface area contributed by atoms with E-state index in [1.54, 1.807) is 7.05 Å². The minimum Gasteiger partial charge on any atom is -0.314 e. The molecule has 0 aliphatic carbocycles. The lowest BCUT2D eigenvalue weighted by atomic mass is 10.0. The Morgan fingerprint density at radius 3 is 2.67 bits per heavy atom. The lowest BCUT2D eigenvalue weighted by Crippen LogP contribution is -2.50. The lowest BCUT2D eigenvalue weighted by molar-refractivity contribution is 0.351. The fraction of sp³-hybridized carbons (Fsp3) is 1.00. The number of rotatable bonds is 6. The molecule has 5 nitrogen and oxygen atoms in total. The van der Waals surface area contributed by atoms with Gasteiger partial charge < -0.3 is 5.32 Å². The molecule has 0 amide bonds. The summed E-state index contributed by atoms with van der Waals surface area (Å²) in [6, 6.07) is 0.456. The molecule has 18 heavy (non-hydrogen) atoms. The summed E-state index contributed by atoms with van der Waals surface area (Å²) in [6.45, 7) is 5.61. The van der Waals surface area contributed by atoms with E-state index < -0.39 is 10.2 Å². The van der Waals surface area contributed by atoms with Crippen molar-refractivity contribution in [3.63, 3.8) is 0 Å². The van der Waals surface area contributed by atoms with Gasteiger partial charge in [0.1, 0.15) is 0 Å². The predicted octanol–water partition coefficient (Wildman–Crippen LogP) is 1.11. The van der Waals surface area contributed by atoms with Crippen molar-refractivity contribution in [1.29, 1.82) is 0 Å². The van der Waals surface area contributed by atoms with Gasteiger partial charge in [-0.1, -0.05) is 13.3 Å². The molecule has 110 valence electrons. The van der Waals surface area contributed by atoms with Gasteiger partial charge in [-0.05, 0) is 32.7 Å². The molecule has 0 aromatic rings. The van der Waals surface area contributed by atoms with Crippen molar-refractivity contribution in [2.24, 2.45) is 0 Å². The fourth-order valence-corrected chi connectivity index (χ4v) is 3.23. The van der Waals surface area contributed by atoms with Gasteiger partial charge in [0.05, 0.1) is 0 Å². The van der Waals surface area contributed by atoms with Gasteiger partial charge in [0, 0.05) is 25.7 Å². The first-order chi connectivity index (χ1) is 7.95. The van der Waals surface area contributed by atoms with Gasteiger partial charge in [0.15, 0.2) is 0 Å². The van der Waals surface area contributed by atoms with Crippen LogP contribution in [0.15, 0.2) is 0 Å². The molecule has 0 radical (unpaired) electrons. The van der Waals surface area contributed by atoms with Gasteiger partial charge in [-0.2, -0.15) is 17.4 Å². The lowest BCUT2D eigenvalue weighted by Gasteiger charge is -2.30. The minimum atomic E-state index is -3.30. The average Bonchev–Trinajstić information content (AvgIpc) is 2.25. The molecule has 1 heterocycles. The van der Waals surface area contributed by atoms with Gasteiger partial charge in [-0.25, -0.2) is 0 Å². The summed E-state index contributed by atoms with van der Waals surface area (Å²) in [5, 5.41) is 3.31. The molecule has 2 unspecified atom stereocenters. The van der Waals surface area contributed by atoms with E-state index in [0.29, 0.717) is 12.6 Å². The summed E-state index contributed by atoms with van der Waals surface area (Å²) in [6.07, 6.45) is 3.64. The molecule has 0 bridgehead atoms. The van der Waals surface area contributed by atoms with Crippen LogP contribution in [0.3, 0.4) is 0 Å². The van der Waals surface area contributed by atoms with E-state index in [4.69, 9.17) is 0 Å². The maximum absolute atomic E-state index is 12.0. The standard InChI is InChI=1S/C11H25N3O2S.ClH/c1-4-5-8-14(3)17(15,16)13-11-6-7-12-10(2)9-11;/h10-13H,4-9H2,1-3H3;1H. The van der Waals surface area contributed by atoms with E-state index in [0.717, 1.165) is 32.2 Å². The highest BCUT2D eigenvalue weighted by molar-refractivity contribution is 7.87. The zero-order valence-corrected chi connectivity index (χ0v) is 13.1. The highest BCUT2D eigenvalue weighted by Crippen LogP contribution is 2.10. The molecule has 1 rings (SSSR count). The average molecular weight is 300 g/mol. The molecule has 0 spiro atoms. The summed E-state index contributed by atoms with van der Waals surface area (Å²) in [7, 11) is -1.66. The van der Waals surface area contributed by atoms with E-state index >= 15 is 0 Å². The second kappa shape index (κ2) is 8.32. The molecular weight excluding hydrogens is 274 g/mol. The van der Waals surface area contributed by atoms with E-state index in [1.165, 1.54) is 4.31 Å². The number of piperidine rings is 1. The van der Waals surface area contributed by atoms with Crippen LogP contribution in [0.4, 0.5) is 0 Å². The second-order valence-corrected chi connectivity index (χ2v) is 6.68. The summed E-state index contributed by atoms with van der Waals surface area (Å²) in [5.74, 6) is 0. The third kappa shape index (κ3) is 5.84. The Labute approximate surface area is 117 Å². The Morgan fingerprint density at radius 1 is 1.44 bits per heavy atom. The molecule has 7 heteroatoms. The van der Waals surface area contributed by atoms with Crippen LogP contribution in [0.2, 0.25) is 0 Å². The van der Waals surface area contributed by atoms with Crippen molar-refractivity contribution >= 4 is 22.6 Å². The van der Waals surface area contributed by atoms with Crippen molar-refractivity contribution in [1.82, 2.24) is 14.3 Å². The van der Waals surface area contributed by atoms with E-state index in [-0.39, 0.29) is 18.4 Å². The van der Waals surface area contributed by atoms with Crippen LogP contribution in [0.5, 0.6) is 0 Å². The van der Waals surface area contributed by atoms with Gasteiger partial charge in [0.25, 0.3) is 10.2 Å². The molecule has 1 aliphatic heterocycles. The van der Waals surface area contributed by atoms with Crippen LogP contribution in [0.25, 0.3) is 0 Å². The van der Waals surface area contributed by atoms with Crippen LogP contribution in [-0.2, 0) is 10.2 Å². The molecule has 0 saturated carbocycles. The number of hydrogen-bond acceptors (Lipinski definition) is 3. The monoisotopic (exact) mass is 299 g/mol. The van der Waals surface area contributed by atoms with Gasteiger partial charge >= 0.3 is 0 Å². The van der Waals surface area contributed by atoms with E-state index in [2.05, 4.69) is 23.9 Å². The number of nitrogens with one attached hydrogen (secondary N) is 2. The molecule has 2 N–H and O–H groups in total. The summed E-state index contributed by atoms with van der Waals surface area (Å²) in [4.78, 5) is 0. The molecule has 1 aliphatic rings. The molecular formula is C11H26ClN3O2S. The normalized spacial score (nSPS) is 24.9. The molecule has 2 atom stereocenters. The predicted molar refractivity (Wildman–Crippen MR) is 77.3 cm³/mol. The van der Waals surface area contributed by atoms with Gasteiger partial charge in [0.2, 0.25) is 0 Å². The SMILES string of the molecule is CCCCN(C)S(=O)(=O)NC1CCNC(C)C1.Cl. The Balaban J connectivity index is 0.00000289. The van der Waals surface area contributed by atoms with E-state index in [9.17, 15) is 8.42 Å². The minimum absolute atomic E-state index is 0. The van der Waals surface area contributed by atoms with Crippen LogP contribution in [0.1, 0.15) is 39.5 Å². The maximum Gasteiger partial charge on any atom is 0.279 e. The van der Waals surface area contributed by atoms with Crippen molar-refractivity contribution in [3.8, 4) is 0 Å². The zero-order valence-electron chi connectivity index (χ0n) is 11.5. The number of unbranched alkanes of at least 4 members (excludes halogenated alkanes) is 1. The number of nitrogens with zero attached hydrogens (tertiary/aromatic N) is 1. The highest BCUT2D eigenvalue weighted by atomic mass is 35.5. The van der Waals surface area contributed by atoms with Gasteiger partial charge in [-0.15, -0.1) is 12.4 Å². The smallest absolute Gasteiger partial charge is 0.279 e. The Kier molecular flexibility index (Phi) is 8.38. The van der Waals surface area contributed by atoms with E-state index in [1.807, 2.05) is 0 Å². The maximum atomic E-state index is 12.0. The summed E-state index contributed by atoms with van der Waals surface area (Å²) in [5.41, 5.74) is 0. The quantitative estimate of drug-likeness (QED) is 0.772. The molecule has 0 aromatic heterocycles. The molecule has 1 saturated heterocycles. The first-order valence-corrected chi connectivity index (χ1v) is 7.86. The largest absolute Gasteiger partial charge is 0.314 e. The van der Waals surface area contributed by atoms with Crippen molar-refractivity contribution in [2.45, 2.75) is 51.6 Å². The second-order valence-electron chi connectivity index (χ2n) is 4.87. The fourth-order valence-electron chi connectivity index (χ4n) is 2.04. The molecule has 0 aromatic carbocycles. The van der Waals surface area contributed by atoms with Crippen LogP contribution >= 0.6 is 12.4 Å². The highest BCUT2D eigenvalue weighted by Gasteiger charge is 2.25. The first kappa shape index (κ1) is 18.1. The van der Waals surface area contributed by atoms with Crippen LogP contribution < -0.4 is 10.0 Å². The van der Waals surface area contributed by atoms with Crippen molar-refractivity contribution in [2.75, 3.05) is 20.1 Å². The van der Waals surface area contributed by atoms with Crippen LogP contribution in [0, 0.1) is 0 Å². The topological polar surface area (TPSA) is 61.4 Å². The molecule has 1 fully saturated rings. The van der Waals surface area contributed by atoms with Gasteiger partial charge in [-0.3, -0.25) is 0 Å². The Bertz CT molecular complexity index is 324. The van der Waals surface area contributed by atoms with Crippen molar-refractivity contribution < 1.29 is 8.42 Å². The van der Waals surface area contributed by atoms with Crippen LogP contribution in [-0.4, -0.2) is 44.9 Å².